The van der Waals surface area contributed by atoms with Crippen LogP contribution in [0.5, 0.6) is 0 Å². The molecule has 0 radical (unpaired) electrons. The molecule has 0 heterocycles. The first-order chi connectivity index (χ1) is 16.9. The van der Waals surface area contributed by atoms with Crippen molar-refractivity contribution < 1.29 is 19.2 Å². The van der Waals surface area contributed by atoms with Crippen molar-refractivity contribution in [2.75, 3.05) is 31.5 Å². The SMILES string of the molecule is CC[N+](CCCNC(=O)Nc1ccccc1)(CCc1ccc(Cl)cc1)Cc1ccc(C(=O)[O-])cc1. The van der Waals surface area contributed by atoms with E-state index in [1.165, 1.54) is 5.56 Å². The summed E-state index contributed by atoms with van der Waals surface area (Å²) in [6.07, 6.45) is 1.71. The number of carbonyl (C=O) groups is 2. The number of amides is 2. The van der Waals surface area contributed by atoms with E-state index in [1.54, 1.807) is 12.1 Å². The van der Waals surface area contributed by atoms with Gasteiger partial charge in [0.1, 0.15) is 6.54 Å². The van der Waals surface area contributed by atoms with E-state index in [2.05, 4.69) is 29.7 Å². The lowest BCUT2D eigenvalue weighted by molar-refractivity contribution is -0.939. The predicted molar refractivity (Wildman–Crippen MR) is 138 cm³/mol. The molecule has 3 aromatic rings. The largest absolute Gasteiger partial charge is 0.545 e. The van der Waals surface area contributed by atoms with E-state index < -0.39 is 5.97 Å². The van der Waals surface area contributed by atoms with E-state index in [9.17, 15) is 14.7 Å². The van der Waals surface area contributed by atoms with Crippen LogP contribution < -0.4 is 15.7 Å². The highest BCUT2D eigenvalue weighted by Crippen LogP contribution is 2.19. The molecule has 1 unspecified atom stereocenters. The van der Waals surface area contributed by atoms with E-state index in [4.69, 9.17) is 11.6 Å². The molecule has 0 aliphatic carbocycles. The molecule has 184 valence electrons. The Morgan fingerprint density at radius 3 is 2.17 bits per heavy atom. The van der Waals surface area contributed by atoms with Crippen LogP contribution >= 0.6 is 11.6 Å². The maximum atomic E-state index is 12.2. The van der Waals surface area contributed by atoms with Crippen LogP contribution in [0.3, 0.4) is 0 Å². The van der Waals surface area contributed by atoms with Gasteiger partial charge in [-0.3, -0.25) is 0 Å². The number of halogens is 1. The highest BCUT2D eigenvalue weighted by atomic mass is 35.5. The average Bonchev–Trinajstić information content (AvgIpc) is 2.87. The number of urea groups is 1. The molecule has 0 fully saturated rings. The third-order valence-electron chi connectivity index (χ3n) is 6.29. The molecule has 6 nitrogen and oxygen atoms in total. The highest BCUT2D eigenvalue weighted by molar-refractivity contribution is 6.30. The monoisotopic (exact) mass is 493 g/mol. The first-order valence-electron chi connectivity index (χ1n) is 11.9. The molecule has 2 N–H and O–H groups in total. The van der Waals surface area contributed by atoms with Gasteiger partial charge in [-0.05, 0) is 42.3 Å². The lowest BCUT2D eigenvalue weighted by Crippen LogP contribution is -2.50. The number of carboxylic acids is 1. The van der Waals surface area contributed by atoms with E-state index in [1.807, 2.05) is 54.6 Å². The number of hydrogen-bond acceptors (Lipinski definition) is 3. The molecule has 2 amide bonds. The average molecular weight is 494 g/mol. The number of nitrogens with one attached hydrogen (secondary N) is 2. The van der Waals surface area contributed by atoms with E-state index >= 15 is 0 Å². The normalized spacial score (nSPS) is 12.5. The Kier molecular flexibility index (Phi) is 9.70. The molecule has 35 heavy (non-hydrogen) atoms. The van der Waals surface area contributed by atoms with Crippen LogP contribution in [0.2, 0.25) is 5.02 Å². The van der Waals surface area contributed by atoms with Gasteiger partial charge in [-0.1, -0.05) is 66.2 Å². The molecular weight excluding hydrogens is 462 g/mol. The van der Waals surface area contributed by atoms with Crippen LogP contribution in [0.1, 0.15) is 34.8 Å². The van der Waals surface area contributed by atoms with Crippen LogP contribution in [-0.4, -0.2) is 42.7 Å². The number of anilines is 1. The van der Waals surface area contributed by atoms with E-state index in [0.717, 1.165) is 59.8 Å². The lowest BCUT2D eigenvalue weighted by atomic mass is 10.1. The van der Waals surface area contributed by atoms with Gasteiger partial charge in [0.2, 0.25) is 0 Å². The van der Waals surface area contributed by atoms with Gasteiger partial charge >= 0.3 is 6.03 Å². The van der Waals surface area contributed by atoms with Crippen molar-refractivity contribution in [3.05, 3.63) is 101 Å². The first-order valence-corrected chi connectivity index (χ1v) is 12.3. The van der Waals surface area contributed by atoms with Crippen molar-refractivity contribution in [2.24, 2.45) is 0 Å². The van der Waals surface area contributed by atoms with Crippen molar-refractivity contribution in [3.63, 3.8) is 0 Å². The van der Waals surface area contributed by atoms with Crippen LogP contribution in [0.15, 0.2) is 78.9 Å². The summed E-state index contributed by atoms with van der Waals surface area (Å²) in [5.74, 6) is -1.17. The van der Waals surface area contributed by atoms with Crippen molar-refractivity contribution in [2.45, 2.75) is 26.3 Å². The van der Waals surface area contributed by atoms with Gasteiger partial charge < -0.3 is 25.0 Å². The molecule has 3 rings (SSSR count). The fourth-order valence-corrected chi connectivity index (χ4v) is 4.29. The number of quaternary nitrogens is 1. The minimum Gasteiger partial charge on any atom is -0.545 e. The van der Waals surface area contributed by atoms with Gasteiger partial charge in [-0.2, -0.15) is 0 Å². The Hall–Kier alpha value is -3.35. The summed E-state index contributed by atoms with van der Waals surface area (Å²) in [6.45, 7) is 6.20. The van der Waals surface area contributed by atoms with Crippen LogP contribution in [0.25, 0.3) is 0 Å². The van der Waals surface area contributed by atoms with Gasteiger partial charge in [-0.25, -0.2) is 4.79 Å². The molecule has 0 aliphatic heterocycles. The minimum atomic E-state index is -1.17. The van der Waals surface area contributed by atoms with Gasteiger partial charge in [0.15, 0.2) is 0 Å². The zero-order chi connectivity index (χ0) is 25.1. The molecule has 0 bridgehead atoms. The van der Waals surface area contributed by atoms with Crippen molar-refractivity contribution in [1.82, 2.24) is 5.32 Å². The van der Waals surface area contributed by atoms with E-state index in [-0.39, 0.29) is 11.6 Å². The quantitative estimate of drug-likeness (QED) is 0.288. The standard InChI is InChI=1S/C28H32ClN3O3/c1-2-32(20-17-22-11-15-25(29)16-12-22,21-23-9-13-24(14-10-23)27(33)34)19-6-18-30-28(35)31-26-7-4-3-5-8-26/h3-5,7-16H,2,6,17-21H2,1H3,(H2-,30,31,33,34,35). The number of aromatic carboxylic acids is 1. The topological polar surface area (TPSA) is 81.3 Å². The van der Waals surface area contributed by atoms with Crippen LogP contribution in [-0.2, 0) is 13.0 Å². The Morgan fingerprint density at radius 2 is 1.54 bits per heavy atom. The molecule has 1 atom stereocenters. The maximum absolute atomic E-state index is 12.2. The Bertz CT molecular complexity index is 1090. The summed E-state index contributed by atoms with van der Waals surface area (Å²) in [5, 5.41) is 17.6. The number of carbonyl (C=O) groups excluding carboxylic acids is 2. The lowest BCUT2D eigenvalue weighted by Gasteiger charge is -2.38. The van der Waals surface area contributed by atoms with Crippen LogP contribution in [0, 0.1) is 0 Å². The van der Waals surface area contributed by atoms with E-state index in [0.29, 0.717) is 6.54 Å². The van der Waals surface area contributed by atoms with Gasteiger partial charge in [-0.15, -0.1) is 0 Å². The number of likely N-dealkylation sites (N-methyl/N-ethyl adjacent to an activating group) is 1. The Balaban J connectivity index is 1.63. The summed E-state index contributed by atoms with van der Waals surface area (Å²) in [5.41, 5.74) is 3.23. The molecule has 3 aromatic carbocycles. The molecule has 0 spiro atoms. The second kappa shape index (κ2) is 12.9. The predicted octanol–water partition coefficient (Wildman–Crippen LogP) is 4.49. The third kappa shape index (κ3) is 8.42. The van der Waals surface area contributed by atoms with Gasteiger partial charge in [0.25, 0.3) is 0 Å². The zero-order valence-electron chi connectivity index (χ0n) is 20.0. The maximum Gasteiger partial charge on any atom is 0.319 e. The molecule has 7 heteroatoms. The molecular formula is C28H32ClN3O3. The number of hydrogen-bond donors (Lipinski definition) is 2. The number of nitrogens with zero attached hydrogens (tertiary/aromatic N) is 1. The second-order valence-corrected chi connectivity index (χ2v) is 9.16. The zero-order valence-corrected chi connectivity index (χ0v) is 20.8. The minimum absolute atomic E-state index is 0.179. The van der Waals surface area contributed by atoms with Gasteiger partial charge in [0.05, 0.1) is 25.6 Å². The molecule has 0 saturated heterocycles. The number of para-hydroxylation sites is 1. The Morgan fingerprint density at radius 1 is 0.886 bits per heavy atom. The second-order valence-electron chi connectivity index (χ2n) is 8.72. The van der Waals surface area contributed by atoms with Gasteiger partial charge in [0, 0.05) is 35.7 Å². The molecule has 0 aromatic heterocycles. The number of rotatable bonds is 12. The summed E-state index contributed by atoms with van der Waals surface area (Å²) < 4.78 is 0.815. The van der Waals surface area contributed by atoms with Crippen molar-refractivity contribution >= 4 is 29.3 Å². The molecule has 0 saturated carbocycles. The Labute approximate surface area is 212 Å². The van der Waals surface area contributed by atoms with Crippen LogP contribution in [0.4, 0.5) is 10.5 Å². The van der Waals surface area contributed by atoms with Crippen molar-refractivity contribution in [1.29, 1.82) is 0 Å². The smallest absolute Gasteiger partial charge is 0.319 e. The van der Waals surface area contributed by atoms with Crippen molar-refractivity contribution in [3.8, 4) is 0 Å². The number of benzene rings is 3. The first kappa shape index (κ1) is 26.3. The fraction of sp³-hybridized carbons (Fsp3) is 0.286. The number of carboxylic acid groups (broad SMARTS) is 1. The summed E-state index contributed by atoms with van der Waals surface area (Å²) in [4.78, 5) is 23.3. The fourth-order valence-electron chi connectivity index (χ4n) is 4.16. The highest BCUT2D eigenvalue weighted by Gasteiger charge is 2.25. The molecule has 0 aliphatic rings. The summed E-state index contributed by atoms with van der Waals surface area (Å²) >= 11 is 6.04. The summed E-state index contributed by atoms with van der Waals surface area (Å²) in [7, 11) is 0. The third-order valence-corrected chi connectivity index (χ3v) is 6.54. The summed E-state index contributed by atoms with van der Waals surface area (Å²) in [6, 6.07) is 24.0.